The molecule has 8 aromatic carbocycles. The number of nitrogens with zero attached hydrogens (tertiary/aromatic N) is 3. The number of hydrogen-bond acceptors (Lipinski definition) is 4. The highest BCUT2D eigenvalue weighted by Crippen LogP contribution is 2.63. The van der Waals surface area contributed by atoms with E-state index in [4.69, 9.17) is 20.7 Å². The monoisotopic (exact) mass is 688 g/mol. The van der Waals surface area contributed by atoms with Crippen LogP contribution in [0.1, 0.15) is 22.3 Å². The van der Waals surface area contributed by atoms with Gasteiger partial charge in [-0.15, -0.1) is 0 Å². The van der Waals surface area contributed by atoms with Crippen LogP contribution in [-0.4, -0.2) is 15.0 Å². The van der Waals surface area contributed by atoms with Gasteiger partial charge in [-0.1, -0.05) is 164 Å². The summed E-state index contributed by atoms with van der Waals surface area (Å²) in [6.45, 7) is 0. The van der Waals surface area contributed by atoms with Gasteiger partial charge in [0, 0.05) is 27.9 Å². The van der Waals surface area contributed by atoms with E-state index in [1.807, 2.05) is 36.4 Å². The summed E-state index contributed by atoms with van der Waals surface area (Å²) in [5.41, 5.74) is 22.2. The van der Waals surface area contributed by atoms with Crippen LogP contribution in [0.2, 0.25) is 0 Å². The van der Waals surface area contributed by atoms with Crippen LogP contribution >= 0.6 is 0 Å². The van der Waals surface area contributed by atoms with Crippen molar-refractivity contribution in [2.75, 3.05) is 5.73 Å². The fourth-order valence-electron chi connectivity index (χ4n) is 9.00. The summed E-state index contributed by atoms with van der Waals surface area (Å²) in [5.74, 6) is 1.91. The number of fused-ring (bicyclic) bond motifs is 11. The molecule has 0 atom stereocenters. The van der Waals surface area contributed by atoms with Crippen LogP contribution in [-0.2, 0) is 5.41 Å². The molecule has 4 nitrogen and oxygen atoms in total. The first-order valence-electron chi connectivity index (χ1n) is 18.3. The topological polar surface area (TPSA) is 64.7 Å². The second-order valence-corrected chi connectivity index (χ2v) is 14.2. The molecule has 1 aromatic heterocycles. The van der Waals surface area contributed by atoms with Gasteiger partial charge in [-0.05, 0) is 79.0 Å². The van der Waals surface area contributed by atoms with Crippen LogP contribution < -0.4 is 5.73 Å². The van der Waals surface area contributed by atoms with E-state index in [0.29, 0.717) is 17.5 Å². The third kappa shape index (κ3) is 4.34. The third-order valence-corrected chi connectivity index (χ3v) is 11.3. The van der Waals surface area contributed by atoms with Crippen molar-refractivity contribution in [3.05, 3.63) is 204 Å². The Morgan fingerprint density at radius 1 is 0.352 bits per heavy atom. The van der Waals surface area contributed by atoms with E-state index >= 15 is 0 Å². The fourth-order valence-corrected chi connectivity index (χ4v) is 9.00. The van der Waals surface area contributed by atoms with Crippen molar-refractivity contribution in [2.24, 2.45) is 0 Å². The van der Waals surface area contributed by atoms with Crippen molar-refractivity contribution in [3.63, 3.8) is 0 Å². The summed E-state index contributed by atoms with van der Waals surface area (Å²) in [6, 6.07) is 64.3. The summed E-state index contributed by atoms with van der Waals surface area (Å²) in [7, 11) is 0. The Labute approximate surface area is 313 Å². The first-order chi connectivity index (χ1) is 26.7. The van der Waals surface area contributed by atoms with Gasteiger partial charge in [0.1, 0.15) is 0 Å². The number of rotatable bonds is 4. The minimum absolute atomic E-state index is 0.440. The number of nitrogens with two attached hydrogens (primary N) is 1. The van der Waals surface area contributed by atoms with E-state index in [1.54, 1.807) is 0 Å². The number of anilines is 1. The average Bonchev–Trinajstić information content (AvgIpc) is 3.71. The Balaban J connectivity index is 1.08. The van der Waals surface area contributed by atoms with E-state index in [2.05, 4.69) is 146 Å². The van der Waals surface area contributed by atoms with E-state index in [-0.39, 0.29) is 0 Å². The van der Waals surface area contributed by atoms with Crippen LogP contribution in [0.3, 0.4) is 0 Å². The lowest BCUT2D eigenvalue weighted by atomic mass is 9.70. The first kappa shape index (κ1) is 30.5. The summed E-state index contributed by atoms with van der Waals surface area (Å²) in [6.07, 6.45) is 0. The summed E-state index contributed by atoms with van der Waals surface area (Å²) in [5, 5.41) is 2.25. The Bertz CT molecular complexity index is 2910. The second kappa shape index (κ2) is 11.7. The molecule has 1 spiro atoms. The zero-order valence-corrected chi connectivity index (χ0v) is 29.2. The van der Waals surface area contributed by atoms with Crippen molar-refractivity contribution < 1.29 is 0 Å². The molecular weight excluding hydrogens is 657 g/mol. The van der Waals surface area contributed by atoms with Gasteiger partial charge in [0.2, 0.25) is 0 Å². The van der Waals surface area contributed by atoms with Crippen molar-refractivity contribution in [1.29, 1.82) is 0 Å². The van der Waals surface area contributed by atoms with Gasteiger partial charge in [0.05, 0.1) is 5.41 Å². The number of benzene rings is 8. The summed E-state index contributed by atoms with van der Waals surface area (Å²) in [4.78, 5) is 15.2. The predicted octanol–water partition coefficient (Wildman–Crippen LogP) is 11.6. The van der Waals surface area contributed by atoms with Crippen LogP contribution in [0.15, 0.2) is 182 Å². The number of hydrogen-bond donors (Lipinski definition) is 1. The van der Waals surface area contributed by atoms with Crippen molar-refractivity contribution in [3.8, 4) is 67.5 Å². The molecule has 0 radical (unpaired) electrons. The molecular formula is C50H32N4. The maximum atomic E-state index is 6.90. The minimum Gasteiger partial charge on any atom is -0.398 e. The van der Waals surface area contributed by atoms with Crippen molar-refractivity contribution >= 4 is 16.5 Å². The highest BCUT2D eigenvalue weighted by atomic mass is 15.0. The van der Waals surface area contributed by atoms with Gasteiger partial charge in [-0.2, -0.15) is 0 Å². The molecule has 2 N–H and O–H groups in total. The molecule has 2 aliphatic carbocycles. The lowest BCUT2D eigenvalue weighted by molar-refractivity contribution is 0.794. The molecule has 54 heavy (non-hydrogen) atoms. The lowest BCUT2D eigenvalue weighted by Crippen LogP contribution is -2.25. The maximum absolute atomic E-state index is 6.90. The first-order valence-corrected chi connectivity index (χ1v) is 18.3. The molecule has 252 valence electrons. The van der Waals surface area contributed by atoms with E-state index in [9.17, 15) is 0 Å². The predicted molar refractivity (Wildman–Crippen MR) is 220 cm³/mol. The number of aromatic nitrogens is 3. The molecule has 0 saturated carbocycles. The summed E-state index contributed by atoms with van der Waals surface area (Å²) >= 11 is 0. The van der Waals surface area contributed by atoms with Crippen LogP contribution in [0, 0.1) is 0 Å². The van der Waals surface area contributed by atoms with Gasteiger partial charge in [0.25, 0.3) is 0 Å². The second-order valence-electron chi connectivity index (χ2n) is 14.2. The van der Waals surface area contributed by atoms with Gasteiger partial charge in [0.15, 0.2) is 17.5 Å². The number of nitrogen functional groups attached to an aromatic ring is 1. The van der Waals surface area contributed by atoms with Crippen LogP contribution in [0.4, 0.5) is 5.69 Å². The molecule has 0 amide bonds. The zero-order chi connectivity index (χ0) is 35.8. The molecule has 9 aromatic rings. The molecule has 0 fully saturated rings. The zero-order valence-electron chi connectivity index (χ0n) is 29.2. The molecule has 0 aliphatic heterocycles. The normalized spacial score (nSPS) is 13.0. The molecule has 4 heteroatoms. The van der Waals surface area contributed by atoms with Crippen LogP contribution in [0.25, 0.3) is 78.3 Å². The largest absolute Gasteiger partial charge is 0.398 e. The molecule has 0 saturated heterocycles. The minimum atomic E-state index is -0.440. The SMILES string of the molecule is Nc1cccc2c1-c1cc(-c3cccc(-c4nc(-c5ccccc5)nc(-c5cccc6ccccc56)n4)c3)ccc1C21c2ccccc2-c2ccccc21. The van der Waals surface area contributed by atoms with Crippen molar-refractivity contribution in [2.45, 2.75) is 5.41 Å². The Morgan fingerprint density at radius 3 is 1.70 bits per heavy atom. The third-order valence-electron chi connectivity index (χ3n) is 11.3. The fraction of sp³-hybridized carbons (Fsp3) is 0.0200. The highest BCUT2D eigenvalue weighted by molar-refractivity contribution is 5.99. The standard InChI is InChI=1S/C50H32N4/c51-45-26-12-25-44-46(45)40-30-34(27-28-43(40)50(44)41-23-8-6-20-37(41)38-21-7-9-24-42(38)50)33-17-10-18-35(29-33)48-52-47(32-14-2-1-3-15-32)53-49(54-48)39-22-11-16-31-13-4-5-19-36(31)39/h1-30H,51H2. The molecule has 1 heterocycles. The molecule has 0 bridgehead atoms. The quantitative estimate of drug-likeness (QED) is 0.187. The van der Waals surface area contributed by atoms with Crippen LogP contribution in [0.5, 0.6) is 0 Å². The smallest absolute Gasteiger partial charge is 0.164 e. The van der Waals surface area contributed by atoms with Gasteiger partial charge in [-0.25, -0.2) is 15.0 Å². The molecule has 2 aliphatic rings. The van der Waals surface area contributed by atoms with E-state index in [1.165, 1.54) is 38.9 Å². The van der Waals surface area contributed by atoms with E-state index < -0.39 is 5.41 Å². The van der Waals surface area contributed by atoms with Gasteiger partial charge >= 0.3 is 0 Å². The van der Waals surface area contributed by atoms with E-state index in [0.717, 1.165) is 49.8 Å². The maximum Gasteiger partial charge on any atom is 0.164 e. The summed E-state index contributed by atoms with van der Waals surface area (Å²) < 4.78 is 0. The Kier molecular flexibility index (Phi) is 6.58. The molecule has 11 rings (SSSR count). The average molecular weight is 689 g/mol. The van der Waals surface area contributed by atoms with Gasteiger partial charge < -0.3 is 5.73 Å². The lowest BCUT2D eigenvalue weighted by Gasteiger charge is -2.30. The van der Waals surface area contributed by atoms with Gasteiger partial charge in [-0.3, -0.25) is 0 Å². The highest BCUT2D eigenvalue weighted by Gasteiger charge is 2.52. The van der Waals surface area contributed by atoms with Crippen molar-refractivity contribution in [1.82, 2.24) is 15.0 Å². The molecule has 0 unspecified atom stereocenters. The Morgan fingerprint density at radius 2 is 0.889 bits per heavy atom. The Hall–Kier alpha value is -7.17.